The van der Waals surface area contributed by atoms with E-state index in [2.05, 4.69) is 20.8 Å². The summed E-state index contributed by atoms with van der Waals surface area (Å²) in [5.41, 5.74) is 2.03. The third-order valence-corrected chi connectivity index (χ3v) is 8.08. The van der Waals surface area contributed by atoms with Gasteiger partial charge in [0.1, 0.15) is 12.2 Å². The van der Waals surface area contributed by atoms with Gasteiger partial charge < -0.3 is 33.5 Å². The maximum Gasteiger partial charge on any atom is 0.337 e. The van der Waals surface area contributed by atoms with E-state index in [1.807, 2.05) is 67.6 Å². The fourth-order valence-electron chi connectivity index (χ4n) is 5.58. The van der Waals surface area contributed by atoms with Crippen molar-refractivity contribution in [3.8, 4) is 0 Å². The van der Waals surface area contributed by atoms with E-state index in [9.17, 15) is 9.90 Å². The number of ether oxygens (including phenoxy) is 6. The standard InChI is InChI=1S/C32H44O8/c1-6-13-25-29(28(20(2)22(4)38-25)37-19-24-16-11-8-12-17-24)39-32-21(3)27(26(33)30(40-32)31(34)35-5)36-18-23-14-9-7-10-15-23/h7-12,14-17,20-22,25-30,32-33H,6,13,18-19H2,1-5H3. The maximum absolute atomic E-state index is 12.7. The van der Waals surface area contributed by atoms with Crippen LogP contribution in [-0.4, -0.2) is 67.2 Å². The van der Waals surface area contributed by atoms with Crippen molar-refractivity contribution in [3.63, 3.8) is 0 Å². The second-order valence-corrected chi connectivity index (χ2v) is 10.9. The van der Waals surface area contributed by atoms with E-state index < -0.39 is 42.6 Å². The van der Waals surface area contributed by atoms with E-state index in [0.29, 0.717) is 6.61 Å². The van der Waals surface area contributed by atoms with Gasteiger partial charge in [0.25, 0.3) is 0 Å². The number of methoxy groups -OCH3 is 1. The van der Waals surface area contributed by atoms with Crippen molar-refractivity contribution in [1.82, 2.24) is 0 Å². The number of carbonyl (C=O) groups is 1. The Bertz CT molecular complexity index is 1030. The largest absolute Gasteiger partial charge is 0.467 e. The second kappa shape index (κ2) is 14.5. The molecule has 1 N–H and O–H groups in total. The van der Waals surface area contributed by atoms with Gasteiger partial charge in [0, 0.05) is 11.8 Å². The first-order valence-electron chi connectivity index (χ1n) is 14.4. The van der Waals surface area contributed by atoms with Gasteiger partial charge >= 0.3 is 5.97 Å². The first-order chi connectivity index (χ1) is 19.3. The Morgan fingerprint density at radius 3 is 1.95 bits per heavy atom. The lowest BCUT2D eigenvalue weighted by Crippen LogP contribution is -2.61. The summed E-state index contributed by atoms with van der Waals surface area (Å²) in [5, 5.41) is 11.1. The zero-order chi connectivity index (χ0) is 28.6. The van der Waals surface area contributed by atoms with Gasteiger partial charge in [-0.2, -0.15) is 0 Å². The first-order valence-corrected chi connectivity index (χ1v) is 14.4. The van der Waals surface area contributed by atoms with E-state index in [1.165, 1.54) is 7.11 Å². The molecule has 40 heavy (non-hydrogen) atoms. The molecular formula is C32H44O8. The van der Waals surface area contributed by atoms with Crippen LogP contribution in [0.2, 0.25) is 0 Å². The minimum absolute atomic E-state index is 0.0199. The summed E-state index contributed by atoms with van der Waals surface area (Å²) in [4.78, 5) is 12.7. The van der Waals surface area contributed by atoms with Crippen LogP contribution in [0.25, 0.3) is 0 Å². The van der Waals surface area contributed by atoms with Crippen molar-refractivity contribution in [1.29, 1.82) is 0 Å². The molecule has 0 radical (unpaired) electrons. The number of rotatable bonds is 11. The maximum atomic E-state index is 12.7. The lowest BCUT2D eigenvalue weighted by atomic mass is 9.86. The molecule has 2 aromatic carbocycles. The Morgan fingerprint density at radius 2 is 1.40 bits per heavy atom. The molecule has 0 aliphatic carbocycles. The highest BCUT2D eigenvalue weighted by atomic mass is 16.7. The molecule has 2 saturated heterocycles. The number of hydrogen-bond acceptors (Lipinski definition) is 8. The van der Waals surface area contributed by atoms with Crippen LogP contribution >= 0.6 is 0 Å². The van der Waals surface area contributed by atoms with Gasteiger partial charge in [-0.3, -0.25) is 0 Å². The molecule has 4 rings (SSSR count). The zero-order valence-corrected chi connectivity index (χ0v) is 24.2. The van der Waals surface area contributed by atoms with Crippen LogP contribution in [0.3, 0.4) is 0 Å². The quantitative estimate of drug-likeness (QED) is 0.400. The van der Waals surface area contributed by atoms with Gasteiger partial charge in [-0.15, -0.1) is 0 Å². The molecule has 8 heteroatoms. The molecule has 0 aromatic heterocycles. The lowest BCUT2D eigenvalue weighted by molar-refractivity contribution is -0.327. The Hall–Kier alpha value is -2.33. The van der Waals surface area contributed by atoms with Crippen molar-refractivity contribution in [2.75, 3.05) is 7.11 Å². The average molecular weight is 557 g/mol. The van der Waals surface area contributed by atoms with Crippen molar-refractivity contribution < 1.29 is 38.3 Å². The molecule has 10 atom stereocenters. The van der Waals surface area contributed by atoms with Gasteiger partial charge in [-0.1, -0.05) is 87.9 Å². The average Bonchev–Trinajstić information content (AvgIpc) is 2.97. The molecule has 0 spiro atoms. The van der Waals surface area contributed by atoms with Crippen LogP contribution in [0.1, 0.15) is 51.7 Å². The van der Waals surface area contributed by atoms with Crippen LogP contribution in [0.4, 0.5) is 0 Å². The minimum Gasteiger partial charge on any atom is -0.467 e. The van der Waals surface area contributed by atoms with Crippen LogP contribution in [0, 0.1) is 11.8 Å². The highest BCUT2D eigenvalue weighted by Gasteiger charge is 2.51. The molecule has 2 fully saturated rings. The fourth-order valence-corrected chi connectivity index (χ4v) is 5.58. The summed E-state index contributed by atoms with van der Waals surface area (Å²) >= 11 is 0. The molecular weight excluding hydrogens is 512 g/mol. The van der Waals surface area contributed by atoms with Crippen LogP contribution in [0.5, 0.6) is 0 Å². The second-order valence-electron chi connectivity index (χ2n) is 10.9. The van der Waals surface area contributed by atoms with Gasteiger partial charge in [0.15, 0.2) is 12.4 Å². The van der Waals surface area contributed by atoms with E-state index in [0.717, 1.165) is 24.0 Å². The topological polar surface area (TPSA) is 92.7 Å². The highest BCUT2D eigenvalue weighted by molar-refractivity contribution is 5.75. The minimum atomic E-state index is -1.25. The van der Waals surface area contributed by atoms with Crippen LogP contribution < -0.4 is 0 Å². The Morgan fingerprint density at radius 1 is 0.825 bits per heavy atom. The summed E-state index contributed by atoms with van der Waals surface area (Å²) in [5.74, 6) is -1.02. The van der Waals surface area contributed by atoms with E-state index in [-0.39, 0.29) is 30.8 Å². The smallest absolute Gasteiger partial charge is 0.337 e. The van der Waals surface area contributed by atoms with E-state index in [4.69, 9.17) is 28.4 Å². The Kier molecular flexibility index (Phi) is 11.1. The SMILES string of the molecule is CCCC1OC(C)C(C)C(OCc2ccccc2)C1OC1OC(C(=O)OC)C(O)C(OCc2ccccc2)C1C. The molecule has 0 bridgehead atoms. The zero-order valence-electron chi connectivity index (χ0n) is 24.2. The Balaban J connectivity index is 1.57. The summed E-state index contributed by atoms with van der Waals surface area (Å²) in [6.45, 7) is 8.90. The van der Waals surface area contributed by atoms with Gasteiger partial charge in [-0.25, -0.2) is 4.79 Å². The molecule has 8 nitrogen and oxygen atoms in total. The number of benzene rings is 2. The van der Waals surface area contributed by atoms with Crippen molar-refractivity contribution in [3.05, 3.63) is 71.8 Å². The van der Waals surface area contributed by atoms with Gasteiger partial charge in [0.05, 0.1) is 44.7 Å². The predicted octanol–water partition coefficient (Wildman–Crippen LogP) is 4.66. The highest BCUT2D eigenvalue weighted by Crippen LogP contribution is 2.37. The van der Waals surface area contributed by atoms with Crippen LogP contribution in [0.15, 0.2) is 60.7 Å². The molecule has 10 unspecified atom stereocenters. The summed E-state index contributed by atoms with van der Waals surface area (Å²) in [6.07, 6.45) is -3.33. The molecule has 2 aromatic rings. The number of hydrogen-bond donors (Lipinski definition) is 1. The number of aliphatic hydroxyl groups excluding tert-OH is 1. The van der Waals surface area contributed by atoms with Crippen LogP contribution in [-0.2, 0) is 46.4 Å². The first kappa shape index (κ1) is 30.6. The molecule has 2 heterocycles. The number of aliphatic hydroxyl groups is 1. The number of carbonyl (C=O) groups excluding carboxylic acids is 1. The third-order valence-electron chi connectivity index (χ3n) is 8.08. The van der Waals surface area contributed by atoms with Crippen molar-refractivity contribution in [2.45, 2.75) is 103 Å². The molecule has 0 saturated carbocycles. The monoisotopic (exact) mass is 556 g/mol. The summed E-state index contributed by atoms with van der Waals surface area (Å²) < 4.78 is 36.9. The van der Waals surface area contributed by atoms with E-state index >= 15 is 0 Å². The predicted molar refractivity (Wildman–Crippen MR) is 149 cm³/mol. The van der Waals surface area contributed by atoms with E-state index in [1.54, 1.807) is 0 Å². The van der Waals surface area contributed by atoms with Gasteiger partial charge in [-0.05, 0) is 24.5 Å². The third kappa shape index (κ3) is 7.29. The van der Waals surface area contributed by atoms with Crippen molar-refractivity contribution >= 4 is 5.97 Å². The van der Waals surface area contributed by atoms with Crippen molar-refractivity contribution in [2.24, 2.45) is 11.8 Å². The normalized spacial score (nSPS) is 34.4. The molecule has 2 aliphatic rings. The lowest BCUT2D eigenvalue weighted by Gasteiger charge is -2.48. The summed E-state index contributed by atoms with van der Waals surface area (Å²) in [7, 11) is 1.27. The number of esters is 1. The molecule has 220 valence electrons. The van der Waals surface area contributed by atoms with Gasteiger partial charge in [0.2, 0.25) is 0 Å². The molecule has 0 amide bonds. The Labute approximate surface area is 237 Å². The summed E-state index contributed by atoms with van der Waals surface area (Å²) in [6, 6.07) is 19.7. The fraction of sp³-hybridized carbons (Fsp3) is 0.594. The molecule has 2 aliphatic heterocycles.